The van der Waals surface area contributed by atoms with Crippen LogP contribution in [0.4, 0.5) is 0 Å². The van der Waals surface area contributed by atoms with E-state index in [9.17, 15) is 9.59 Å². The molecule has 80 valence electrons. The van der Waals surface area contributed by atoms with E-state index in [1.165, 1.54) is 0 Å². The van der Waals surface area contributed by atoms with Crippen LogP contribution in [0.5, 0.6) is 0 Å². The van der Waals surface area contributed by atoms with Crippen molar-refractivity contribution in [3.63, 3.8) is 0 Å². The SMILES string of the molecule is C=CC(=O)OCCCCNC(=O)CC. The second-order valence-corrected chi connectivity index (χ2v) is 2.78. The Labute approximate surface area is 84.3 Å². The number of amides is 1. The molecule has 0 spiro atoms. The van der Waals surface area contributed by atoms with Crippen LogP contribution in [-0.2, 0) is 14.3 Å². The van der Waals surface area contributed by atoms with Gasteiger partial charge in [0.2, 0.25) is 5.91 Å². The molecule has 14 heavy (non-hydrogen) atoms. The van der Waals surface area contributed by atoms with Crippen molar-refractivity contribution in [1.29, 1.82) is 0 Å². The highest BCUT2D eigenvalue weighted by Gasteiger charge is 1.97. The van der Waals surface area contributed by atoms with E-state index >= 15 is 0 Å². The smallest absolute Gasteiger partial charge is 0.330 e. The predicted octanol–water partition coefficient (Wildman–Crippen LogP) is 1.02. The van der Waals surface area contributed by atoms with E-state index in [1.54, 1.807) is 6.92 Å². The maximum Gasteiger partial charge on any atom is 0.330 e. The Hall–Kier alpha value is -1.32. The van der Waals surface area contributed by atoms with E-state index in [1.807, 2.05) is 0 Å². The van der Waals surface area contributed by atoms with Crippen molar-refractivity contribution in [1.82, 2.24) is 5.32 Å². The summed E-state index contributed by atoms with van der Waals surface area (Å²) in [6, 6.07) is 0. The lowest BCUT2D eigenvalue weighted by atomic mass is 10.3. The first-order valence-corrected chi connectivity index (χ1v) is 4.76. The Morgan fingerprint density at radius 1 is 1.43 bits per heavy atom. The summed E-state index contributed by atoms with van der Waals surface area (Å²) in [5, 5.41) is 2.73. The Balaban J connectivity index is 3.18. The topological polar surface area (TPSA) is 55.4 Å². The largest absolute Gasteiger partial charge is 0.463 e. The Morgan fingerprint density at radius 3 is 2.71 bits per heavy atom. The number of esters is 1. The van der Waals surface area contributed by atoms with Crippen LogP contribution in [-0.4, -0.2) is 25.0 Å². The summed E-state index contributed by atoms with van der Waals surface area (Å²) in [5.74, 6) is -0.351. The van der Waals surface area contributed by atoms with Crippen molar-refractivity contribution in [3.05, 3.63) is 12.7 Å². The van der Waals surface area contributed by atoms with Crippen LogP contribution in [0.1, 0.15) is 26.2 Å². The molecule has 0 saturated carbocycles. The van der Waals surface area contributed by atoms with Gasteiger partial charge in [0.05, 0.1) is 6.61 Å². The molecule has 0 rings (SSSR count). The Bertz CT molecular complexity index is 202. The second-order valence-electron chi connectivity index (χ2n) is 2.78. The number of nitrogens with one attached hydrogen (secondary N) is 1. The molecular formula is C10H17NO3. The van der Waals surface area contributed by atoms with Gasteiger partial charge in [-0.1, -0.05) is 13.5 Å². The van der Waals surface area contributed by atoms with Gasteiger partial charge in [0, 0.05) is 19.0 Å². The van der Waals surface area contributed by atoms with E-state index in [0.29, 0.717) is 19.6 Å². The summed E-state index contributed by atoms with van der Waals surface area (Å²) in [6.07, 6.45) is 3.21. The molecule has 1 amide bonds. The van der Waals surface area contributed by atoms with Crippen LogP contribution in [0.2, 0.25) is 0 Å². The summed E-state index contributed by atoms with van der Waals surface area (Å²) in [6.45, 7) is 6.10. The third-order valence-corrected chi connectivity index (χ3v) is 1.63. The lowest BCUT2D eigenvalue weighted by Crippen LogP contribution is -2.23. The van der Waals surface area contributed by atoms with E-state index in [-0.39, 0.29) is 5.91 Å². The van der Waals surface area contributed by atoms with Gasteiger partial charge < -0.3 is 10.1 Å². The molecule has 0 radical (unpaired) electrons. The number of unbranched alkanes of at least 4 members (excludes halogenated alkanes) is 1. The van der Waals surface area contributed by atoms with Crippen molar-refractivity contribution >= 4 is 11.9 Å². The molecule has 0 unspecified atom stereocenters. The number of carbonyl (C=O) groups excluding carboxylic acids is 2. The minimum Gasteiger partial charge on any atom is -0.463 e. The van der Waals surface area contributed by atoms with E-state index < -0.39 is 5.97 Å². The van der Waals surface area contributed by atoms with Gasteiger partial charge in [-0.05, 0) is 12.8 Å². The third-order valence-electron chi connectivity index (χ3n) is 1.63. The van der Waals surface area contributed by atoms with E-state index in [0.717, 1.165) is 18.9 Å². The first-order valence-electron chi connectivity index (χ1n) is 4.76. The van der Waals surface area contributed by atoms with Gasteiger partial charge in [0.1, 0.15) is 0 Å². The molecule has 0 atom stereocenters. The molecule has 0 aliphatic rings. The summed E-state index contributed by atoms with van der Waals surface area (Å²) in [7, 11) is 0. The maximum atomic E-state index is 10.8. The highest BCUT2D eigenvalue weighted by Crippen LogP contribution is 1.90. The van der Waals surface area contributed by atoms with Gasteiger partial charge in [0.15, 0.2) is 0 Å². The lowest BCUT2D eigenvalue weighted by molar-refractivity contribution is -0.137. The molecule has 0 aromatic carbocycles. The fourth-order valence-corrected chi connectivity index (χ4v) is 0.812. The van der Waals surface area contributed by atoms with Gasteiger partial charge in [-0.25, -0.2) is 4.79 Å². The van der Waals surface area contributed by atoms with Gasteiger partial charge in [0.25, 0.3) is 0 Å². The maximum absolute atomic E-state index is 10.8. The average Bonchev–Trinajstić information content (AvgIpc) is 2.22. The number of hydrogen-bond acceptors (Lipinski definition) is 3. The molecule has 0 bridgehead atoms. The summed E-state index contributed by atoms with van der Waals surface area (Å²) in [5.41, 5.74) is 0. The molecule has 0 aromatic heterocycles. The number of ether oxygens (including phenoxy) is 1. The number of rotatable bonds is 7. The van der Waals surface area contributed by atoms with Crippen molar-refractivity contribution < 1.29 is 14.3 Å². The Kier molecular flexibility index (Phi) is 7.50. The highest BCUT2D eigenvalue weighted by atomic mass is 16.5. The highest BCUT2D eigenvalue weighted by molar-refractivity contribution is 5.81. The van der Waals surface area contributed by atoms with E-state index in [2.05, 4.69) is 11.9 Å². The standard InChI is InChI=1S/C10H17NO3/c1-3-9(12)11-7-5-6-8-14-10(13)4-2/h4H,2-3,5-8H2,1H3,(H,11,12). The monoisotopic (exact) mass is 199 g/mol. The van der Waals surface area contributed by atoms with Gasteiger partial charge in [-0.15, -0.1) is 0 Å². The van der Waals surface area contributed by atoms with Gasteiger partial charge in [-0.2, -0.15) is 0 Å². The fourth-order valence-electron chi connectivity index (χ4n) is 0.812. The lowest BCUT2D eigenvalue weighted by Gasteiger charge is -2.03. The van der Waals surface area contributed by atoms with Crippen LogP contribution in [0.15, 0.2) is 12.7 Å². The zero-order valence-electron chi connectivity index (χ0n) is 8.54. The molecule has 1 N–H and O–H groups in total. The zero-order valence-corrected chi connectivity index (χ0v) is 8.54. The number of carbonyl (C=O) groups is 2. The molecule has 4 nitrogen and oxygen atoms in total. The average molecular weight is 199 g/mol. The molecule has 0 heterocycles. The molecule has 0 aliphatic carbocycles. The van der Waals surface area contributed by atoms with Crippen molar-refractivity contribution in [2.24, 2.45) is 0 Å². The van der Waals surface area contributed by atoms with Crippen LogP contribution < -0.4 is 5.32 Å². The minimum atomic E-state index is -0.400. The number of hydrogen-bond donors (Lipinski definition) is 1. The normalized spacial score (nSPS) is 9.21. The zero-order chi connectivity index (χ0) is 10.8. The van der Waals surface area contributed by atoms with Crippen molar-refractivity contribution in [2.45, 2.75) is 26.2 Å². The van der Waals surface area contributed by atoms with Crippen molar-refractivity contribution in [2.75, 3.05) is 13.2 Å². The summed E-state index contributed by atoms with van der Waals surface area (Å²) >= 11 is 0. The third kappa shape index (κ3) is 7.34. The molecule has 4 heteroatoms. The molecule has 0 aliphatic heterocycles. The van der Waals surface area contributed by atoms with Crippen LogP contribution in [0, 0.1) is 0 Å². The minimum absolute atomic E-state index is 0.0492. The first kappa shape index (κ1) is 12.7. The van der Waals surface area contributed by atoms with Crippen LogP contribution in [0.3, 0.4) is 0 Å². The van der Waals surface area contributed by atoms with Crippen LogP contribution >= 0.6 is 0 Å². The summed E-state index contributed by atoms with van der Waals surface area (Å²) in [4.78, 5) is 21.4. The quantitative estimate of drug-likeness (QED) is 0.378. The van der Waals surface area contributed by atoms with Gasteiger partial charge >= 0.3 is 5.97 Å². The second kappa shape index (κ2) is 8.29. The van der Waals surface area contributed by atoms with Crippen molar-refractivity contribution in [3.8, 4) is 0 Å². The van der Waals surface area contributed by atoms with Gasteiger partial charge in [-0.3, -0.25) is 4.79 Å². The molecular weight excluding hydrogens is 182 g/mol. The Morgan fingerprint density at radius 2 is 2.14 bits per heavy atom. The summed E-state index contributed by atoms with van der Waals surface area (Å²) < 4.78 is 4.75. The molecule has 0 fully saturated rings. The molecule has 0 aromatic rings. The fraction of sp³-hybridized carbons (Fsp3) is 0.600. The molecule has 0 saturated heterocycles. The van der Waals surface area contributed by atoms with Crippen LogP contribution in [0.25, 0.3) is 0 Å². The predicted molar refractivity (Wildman–Crippen MR) is 53.7 cm³/mol. The van der Waals surface area contributed by atoms with E-state index in [4.69, 9.17) is 4.74 Å². The first-order chi connectivity index (χ1) is 6.70.